The Kier molecular flexibility index (Phi) is 5.78. The van der Waals surface area contributed by atoms with Crippen molar-refractivity contribution in [3.63, 3.8) is 0 Å². The Morgan fingerprint density at radius 1 is 1.03 bits per heavy atom. The van der Waals surface area contributed by atoms with Crippen LogP contribution in [0.2, 0.25) is 0 Å². The first-order valence-corrected chi connectivity index (χ1v) is 10.9. The molecule has 0 bridgehead atoms. The molecule has 0 aliphatic carbocycles. The van der Waals surface area contributed by atoms with E-state index in [2.05, 4.69) is 6.07 Å². The van der Waals surface area contributed by atoms with E-state index in [9.17, 15) is 9.59 Å². The summed E-state index contributed by atoms with van der Waals surface area (Å²) in [4.78, 5) is 27.3. The van der Waals surface area contributed by atoms with E-state index in [1.54, 1.807) is 11.0 Å². The molecule has 0 N–H and O–H groups in total. The van der Waals surface area contributed by atoms with E-state index in [1.807, 2.05) is 88.4 Å². The number of rotatable bonds is 4. The van der Waals surface area contributed by atoms with Gasteiger partial charge in [0.2, 0.25) is 0 Å². The van der Waals surface area contributed by atoms with E-state index < -0.39 is 11.5 Å². The van der Waals surface area contributed by atoms with Crippen LogP contribution in [-0.4, -0.2) is 17.5 Å². The number of fused-ring (bicyclic) bond motifs is 1. The summed E-state index contributed by atoms with van der Waals surface area (Å²) >= 11 is 0. The minimum atomic E-state index is -0.534. The lowest BCUT2D eigenvalue weighted by atomic mass is 9.99. The van der Waals surface area contributed by atoms with E-state index in [0.717, 1.165) is 27.9 Å². The minimum absolute atomic E-state index is 0.0590. The third-order valence-electron chi connectivity index (χ3n) is 5.70. The van der Waals surface area contributed by atoms with Crippen LogP contribution in [0.4, 0.5) is 5.69 Å². The number of carbonyl (C=O) groups is 2. The number of anilines is 1. The van der Waals surface area contributed by atoms with Gasteiger partial charge in [0, 0.05) is 11.3 Å². The maximum Gasteiger partial charge on any atom is 0.313 e. The second-order valence-corrected chi connectivity index (χ2v) is 9.30. The number of ether oxygens (including phenoxy) is 1. The number of nitriles is 1. The molecule has 0 spiro atoms. The van der Waals surface area contributed by atoms with Crippen molar-refractivity contribution in [1.29, 1.82) is 5.26 Å². The van der Waals surface area contributed by atoms with Crippen molar-refractivity contribution in [3.8, 4) is 17.2 Å². The van der Waals surface area contributed by atoms with Crippen LogP contribution in [0.5, 0.6) is 0 Å². The summed E-state index contributed by atoms with van der Waals surface area (Å²) in [7, 11) is 0. The molecule has 1 atom stereocenters. The molecule has 3 aromatic carbocycles. The molecule has 4 rings (SSSR count). The number of nitrogens with zero attached hydrogens (tertiary/aromatic N) is 2. The number of carbonyl (C=O) groups excluding carboxylic acids is 2. The molecule has 1 unspecified atom stereocenters. The molecule has 33 heavy (non-hydrogen) atoms. The maximum absolute atomic E-state index is 13.2. The van der Waals surface area contributed by atoms with E-state index in [4.69, 9.17) is 10.00 Å². The average Bonchev–Trinajstić information content (AvgIpc) is 3.13. The van der Waals surface area contributed by atoms with Crippen molar-refractivity contribution in [2.24, 2.45) is 0 Å². The van der Waals surface area contributed by atoms with Gasteiger partial charge in [-0.25, -0.2) is 0 Å². The fourth-order valence-electron chi connectivity index (χ4n) is 3.93. The van der Waals surface area contributed by atoms with E-state index in [0.29, 0.717) is 17.7 Å². The van der Waals surface area contributed by atoms with Gasteiger partial charge < -0.3 is 9.64 Å². The highest BCUT2D eigenvalue weighted by Crippen LogP contribution is 2.33. The topological polar surface area (TPSA) is 70.4 Å². The Hall–Kier alpha value is -3.91. The summed E-state index contributed by atoms with van der Waals surface area (Å²) < 4.78 is 5.48. The fourth-order valence-corrected chi connectivity index (χ4v) is 3.93. The van der Waals surface area contributed by atoms with Crippen LogP contribution < -0.4 is 4.90 Å². The highest BCUT2D eigenvalue weighted by molar-refractivity contribution is 6.10. The van der Waals surface area contributed by atoms with Gasteiger partial charge in [0.05, 0.1) is 24.1 Å². The van der Waals surface area contributed by atoms with Gasteiger partial charge in [0.1, 0.15) is 5.60 Å². The molecule has 5 nitrogen and oxygen atoms in total. The number of amides is 1. The second kappa shape index (κ2) is 8.55. The summed E-state index contributed by atoms with van der Waals surface area (Å²) in [6.45, 7) is 7.87. The van der Waals surface area contributed by atoms with Crippen molar-refractivity contribution in [3.05, 3.63) is 89.0 Å². The largest absolute Gasteiger partial charge is 0.460 e. The zero-order valence-corrected chi connectivity index (χ0v) is 19.3. The molecule has 0 aromatic heterocycles. The van der Waals surface area contributed by atoms with Crippen LogP contribution in [-0.2, 0) is 16.1 Å². The zero-order valence-electron chi connectivity index (χ0n) is 19.3. The summed E-state index contributed by atoms with van der Waals surface area (Å²) in [6.07, 6.45) is 0. The van der Waals surface area contributed by atoms with Crippen LogP contribution in [0.3, 0.4) is 0 Å². The van der Waals surface area contributed by atoms with Crippen LogP contribution in [0, 0.1) is 11.3 Å². The SMILES string of the molecule is CC(C(=O)OC(C)(C)C)c1ccc(N2Cc3ccc(-c4cccc(C#N)c4)cc3C2=O)cc1. The molecule has 0 fully saturated rings. The lowest BCUT2D eigenvalue weighted by molar-refractivity contribution is -0.156. The number of hydrogen-bond donors (Lipinski definition) is 0. The Bertz CT molecular complexity index is 1260. The first-order valence-electron chi connectivity index (χ1n) is 10.9. The van der Waals surface area contributed by atoms with Crippen LogP contribution in [0.1, 0.15) is 60.7 Å². The normalized spacial score (nSPS) is 13.9. The first kappa shape index (κ1) is 22.3. The maximum atomic E-state index is 13.2. The summed E-state index contributed by atoms with van der Waals surface area (Å²) in [5.41, 5.74) is 5.12. The van der Waals surface area contributed by atoms with Gasteiger partial charge in [0.15, 0.2) is 0 Å². The van der Waals surface area contributed by atoms with Crippen LogP contribution >= 0.6 is 0 Å². The monoisotopic (exact) mass is 438 g/mol. The van der Waals surface area contributed by atoms with Gasteiger partial charge in [-0.15, -0.1) is 0 Å². The predicted octanol–water partition coefficient (Wildman–Crippen LogP) is 5.83. The molecule has 3 aromatic rings. The third-order valence-corrected chi connectivity index (χ3v) is 5.70. The van der Waals surface area contributed by atoms with Gasteiger partial charge >= 0.3 is 5.97 Å². The fraction of sp³-hybridized carbons (Fsp3) is 0.250. The Morgan fingerprint density at radius 2 is 1.73 bits per heavy atom. The second-order valence-electron chi connectivity index (χ2n) is 9.30. The van der Waals surface area contributed by atoms with Crippen LogP contribution in [0.25, 0.3) is 11.1 Å². The Morgan fingerprint density at radius 3 is 2.39 bits per heavy atom. The number of hydrogen-bond acceptors (Lipinski definition) is 4. The molecule has 5 heteroatoms. The molecule has 0 radical (unpaired) electrons. The van der Waals surface area contributed by atoms with Gasteiger partial charge in [-0.05, 0) is 80.3 Å². The van der Waals surface area contributed by atoms with E-state index >= 15 is 0 Å². The molecule has 0 saturated heterocycles. The number of esters is 1. The molecule has 166 valence electrons. The smallest absolute Gasteiger partial charge is 0.313 e. The molecule has 1 aliphatic rings. The van der Waals surface area contributed by atoms with Crippen molar-refractivity contribution in [2.75, 3.05) is 4.90 Å². The zero-order chi connectivity index (χ0) is 23.8. The van der Waals surface area contributed by atoms with Gasteiger partial charge in [-0.2, -0.15) is 5.26 Å². The van der Waals surface area contributed by atoms with Crippen molar-refractivity contribution >= 4 is 17.6 Å². The van der Waals surface area contributed by atoms with Crippen molar-refractivity contribution in [2.45, 2.75) is 45.8 Å². The average molecular weight is 439 g/mol. The standard InChI is InChI=1S/C28H26N2O3/c1-18(27(32)33-28(2,3)4)20-10-12-24(13-11-20)30-17-23-9-8-22(15-25(23)26(30)31)21-7-5-6-19(14-21)16-29/h5-15,18H,17H2,1-4H3. The predicted molar refractivity (Wildman–Crippen MR) is 128 cm³/mol. The summed E-state index contributed by atoms with van der Waals surface area (Å²) in [5.74, 6) is -0.722. The third kappa shape index (κ3) is 4.65. The molecular weight excluding hydrogens is 412 g/mol. The lowest BCUT2D eigenvalue weighted by Gasteiger charge is -2.23. The van der Waals surface area contributed by atoms with Gasteiger partial charge in [-0.1, -0.05) is 36.4 Å². The van der Waals surface area contributed by atoms with Crippen molar-refractivity contribution in [1.82, 2.24) is 0 Å². The minimum Gasteiger partial charge on any atom is -0.460 e. The number of benzene rings is 3. The summed E-state index contributed by atoms with van der Waals surface area (Å²) in [6, 6.07) is 22.9. The van der Waals surface area contributed by atoms with Crippen LogP contribution in [0.15, 0.2) is 66.7 Å². The van der Waals surface area contributed by atoms with Gasteiger partial charge in [-0.3, -0.25) is 9.59 Å². The molecular formula is C28H26N2O3. The van der Waals surface area contributed by atoms with E-state index in [-0.39, 0.29) is 11.9 Å². The van der Waals surface area contributed by atoms with E-state index in [1.165, 1.54) is 0 Å². The Balaban J connectivity index is 1.54. The first-order chi connectivity index (χ1) is 15.7. The quantitative estimate of drug-likeness (QED) is 0.481. The van der Waals surface area contributed by atoms with Gasteiger partial charge in [0.25, 0.3) is 5.91 Å². The molecule has 1 aliphatic heterocycles. The molecule has 0 saturated carbocycles. The highest BCUT2D eigenvalue weighted by atomic mass is 16.6. The summed E-state index contributed by atoms with van der Waals surface area (Å²) in [5, 5.41) is 9.16. The molecule has 1 heterocycles. The lowest BCUT2D eigenvalue weighted by Crippen LogP contribution is -2.27. The highest BCUT2D eigenvalue weighted by Gasteiger charge is 2.29. The Labute approximate surface area is 194 Å². The molecule has 1 amide bonds. The van der Waals surface area contributed by atoms with Crippen molar-refractivity contribution < 1.29 is 14.3 Å².